The van der Waals surface area contributed by atoms with E-state index in [9.17, 15) is 19.8 Å². The molecule has 2 saturated heterocycles. The zero-order chi connectivity index (χ0) is 31.4. The number of carbonyl (C=O) groups is 2. The second-order valence-corrected chi connectivity index (χ2v) is 13.1. The number of H-pyrrole nitrogens is 1. The maximum Gasteiger partial charge on any atom is 0.225 e. The van der Waals surface area contributed by atoms with E-state index in [1.807, 2.05) is 65.0 Å². The van der Waals surface area contributed by atoms with Crippen LogP contribution in [0.1, 0.15) is 72.6 Å². The average Bonchev–Trinajstić information content (AvgIpc) is 3.45. The third-order valence-electron chi connectivity index (χ3n) is 8.90. The third kappa shape index (κ3) is 8.54. The van der Waals surface area contributed by atoms with Gasteiger partial charge in [-0.25, -0.2) is 0 Å². The molecule has 0 unspecified atom stereocenters. The van der Waals surface area contributed by atoms with Crippen molar-refractivity contribution in [2.45, 2.75) is 109 Å². The summed E-state index contributed by atoms with van der Waals surface area (Å²) >= 11 is 0. The van der Waals surface area contributed by atoms with Crippen LogP contribution in [0.2, 0.25) is 0 Å². The molecule has 3 rings (SSSR count). The maximum absolute atomic E-state index is 13.4. The van der Waals surface area contributed by atoms with E-state index in [1.54, 1.807) is 25.8 Å². The zero-order valence-electron chi connectivity index (χ0n) is 26.9. The zero-order valence-corrected chi connectivity index (χ0v) is 26.9. The van der Waals surface area contributed by atoms with Crippen LogP contribution >= 0.6 is 0 Å². The summed E-state index contributed by atoms with van der Waals surface area (Å²) < 4.78 is 19.3. The normalized spacial score (nSPS) is 38.7. The van der Waals surface area contributed by atoms with Gasteiger partial charge in [0.1, 0.15) is 6.10 Å². The van der Waals surface area contributed by atoms with Crippen molar-refractivity contribution in [2.24, 2.45) is 17.8 Å². The molecular weight excluding hydrogens is 540 g/mol. The number of likely N-dealkylation sites (N-methyl/N-ethyl adjacent to an activating group) is 1. The summed E-state index contributed by atoms with van der Waals surface area (Å²) in [6, 6.07) is 3.62. The molecule has 11 atom stereocenters. The summed E-state index contributed by atoms with van der Waals surface area (Å²) in [5, 5.41) is 26.4. The van der Waals surface area contributed by atoms with E-state index in [1.165, 1.54) is 0 Å². The standard InChI is InChI=1S/C31H54N4O7/c1-18-16-31(6,39)28(42-30-26(37)24(34(7)8)15-19(2)40-30)20(3)27(41-22(5)23-11-10-13-32-23)21(4)29(38)33-14-12-25(36)35(9)17-18/h10-11,13,18-22,24,26-28,30,32,37,39H,12,14-17H2,1-9H3,(H,33,38)/t18-,19-,20+,21-,22+,24+,26-,27+,28-,30+,31-/m1/s1. The number of carbonyl (C=O) groups excluding carboxylic acids is 2. The highest BCUT2D eigenvalue weighted by Gasteiger charge is 2.48. The summed E-state index contributed by atoms with van der Waals surface area (Å²) in [6.45, 7) is 11.9. The molecule has 0 radical (unpaired) electrons. The summed E-state index contributed by atoms with van der Waals surface area (Å²) in [6.07, 6.45) is -1.11. The van der Waals surface area contributed by atoms with Gasteiger partial charge in [0.05, 0.1) is 35.9 Å². The van der Waals surface area contributed by atoms with Crippen LogP contribution in [0.15, 0.2) is 18.3 Å². The van der Waals surface area contributed by atoms with Gasteiger partial charge in [-0.3, -0.25) is 9.59 Å². The predicted molar refractivity (Wildman–Crippen MR) is 159 cm³/mol. The Kier molecular flexibility index (Phi) is 12.0. The summed E-state index contributed by atoms with van der Waals surface area (Å²) in [5.74, 6) is -1.54. The Balaban J connectivity index is 2.03. The number of aliphatic hydroxyl groups excluding tert-OH is 1. The molecule has 0 spiro atoms. The molecule has 11 nitrogen and oxygen atoms in total. The number of amides is 2. The Morgan fingerprint density at radius 2 is 1.90 bits per heavy atom. The highest BCUT2D eigenvalue weighted by atomic mass is 16.7. The third-order valence-corrected chi connectivity index (χ3v) is 8.90. The molecule has 11 heteroatoms. The van der Waals surface area contributed by atoms with Crippen LogP contribution in [-0.4, -0.2) is 113 Å². The molecule has 42 heavy (non-hydrogen) atoms. The van der Waals surface area contributed by atoms with Crippen molar-refractivity contribution in [1.82, 2.24) is 20.1 Å². The first kappa shape index (κ1) is 34.5. The Bertz CT molecular complexity index is 1000. The molecule has 2 fully saturated rings. The van der Waals surface area contributed by atoms with Crippen LogP contribution in [0.5, 0.6) is 0 Å². The van der Waals surface area contributed by atoms with Crippen LogP contribution in [0.25, 0.3) is 0 Å². The van der Waals surface area contributed by atoms with Gasteiger partial charge in [-0.05, 0) is 65.8 Å². The minimum absolute atomic E-state index is 0.0648. The Hall–Kier alpha value is -2.02. The highest BCUT2D eigenvalue weighted by Crippen LogP contribution is 2.37. The first-order valence-electron chi connectivity index (χ1n) is 15.3. The van der Waals surface area contributed by atoms with Crippen molar-refractivity contribution < 1.29 is 34.0 Å². The van der Waals surface area contributed by atoms with Crippen molar-refractivity contribution >= 4 is 11.8 Å². The lowest BCUT2D eigenvalue weighted by molar-refractivity contribution is -0.300. The van der Waals surface area contributed by atoms with Gasteiger partial charge in [0, 0.05) is 50.4 Å². The second-order valence-electron chi connectivity index (χ2n) is 13.1. The van der Waals surface area contributed by atoms with E-state index in [0.29, 0.717) is 19.4 Å². The van der Waals surface area contributed by atoms with Gasteiger partial charge in [0.2, 0.25) is 11.8 Å². The molecule has 0 aliphatic carbocycles. The van der Waals surface area contributed by atoms with Gasteiger partial charge in [0.15, 0.2) is 6.29 Å². The Morgan fingerprint density at radius 3 is 2.52 bits per heavy atom. The SMILES string of the molecule is C[C@H]1CN(C)C(=O)CCNC(=O)[C@H](C)[C@@H](O[C@@H](C)c2ccc[nH]2)[C@H](C)[C@@H](O[C@@H]2O[C@H](C)C[C@H](N(C)C)[C@H]2O)[C@](C)(O)C1. The lowest BCUT2D eigenvalue weighted by atomic mass is 9.77. The first-order chi connectivity index (χ1) is 19.6. The molecule has 3 heterocycles. The fraction of sp³-hybridized carbons (Fsp3) is 0.806. The van der Waals surface area contributed by atoms with Crippen molar-refractivity contribution in [2.75, 3.05) is 34.2 Å². The van der Waals surface area contributed by atoms with Crippen LogP contribution in [0.3, 0.4) is 0 Å². The number of nitrogens with one attached hydrogen (secondary N) is 2. The lowest BCUT2D eigenvalue weighted by Gasteiger charge is -2.47. The van der Waals surface area contributed by atoms with E-state index in [0.717, 1.165) is 5.69 Å². The van der Waals surface area contributed by atoms with E-state index in [2.05, 4.69) is 10.3 Å². The van der Waals surface area contributed by atoms with Crippen molar-refractivity contribution in [1.29, 1.82) is 0 Å². The number of aliphatic hydroxyl groups is 2. The van der Waals surface area contributed by atoms with Crippen LogP contribution < -0.4 is 5.32 Å². The second kappa shape index (κ2) is 14.6. The molecule has 0 bridgehead atoms. The molecule has 0 saturated carbocycles. The molecular formula is C31H54N4O7. The molecule has 2 amide bonds. The van der Waals surface area contributed by atoms with Crippen LogP contribution in [0, 0.1) is 17.8 Å². The number of ether oxygens (including phenoxy) is 3. The average molecular weight is 595 g/mol. The minimum atomic E-state index is -1.42. The number of nitrogens with zero attached hydrogens (tertiary/aromatic N) is 2. The summed E-state index contributed by atoms with van der Waals surface area (Å²) in [7, 11) is 5.56. The van der Waals surface area contributed by atoms with Gasteiger partial charge in [0.25, 0.3) is 0 Å². The fourth-order valence-corrected chi connectivity index (χ4v) is 6.66. The van der Waals surface area contributed by atoms with E-state index >= 15 is 0 Å². The molecule has 1 aromatic heterocycles. The number of aromatic nitrogens is 1. The molecule has 240 valence electrons. The number of aromatic amines is 1. The van der Waals surface area contributed by atoms with Crippen LogP contribution in [-0.2, 0) is 23.8 Å². The highest BCUT2D eigenvalue weighted by molar-refractivity contribution is 5.80. The molecule has 2 aliphatic rings. The fourth-order valence-electron chi connectivity index (χ4n) is 6.66. The maximum atomic E-state index is 13.4. The molecule has 1 aromatic rings. The van der Waals surface area contributed by atoms with E-state index < -0.39 is 42.0 Å². The molecule has 4 N–H and O–H groups in total. The number of hydrogen-bond acceptors (Lipinski definition) is 8. The molecule has 2 aliphatic heterocycles. The van der Waals surface area contributed by atoms with E-state index in [-0.39, 0.29) is 48.9 Å². The Labute approximate surface area is 251 Å². The quantitative estimate of drug-likeness (QED) is 0.394. The van der Waals surface area contributed by atoms with Gasteiger partial charge >= 0.3 is 0 Å². The van der Waals surface area contributed by atoms with E-state index in [4.69, 9.17) is 14.2 Å². The largest absolute Gasteiger partial charge is 0.387 e. The van der Waals surface area contributed by atoms with Crippen molar-refractivity contribution in [3.8, 4) is 0 Å². The Morgan fingerprint density at radius 1 is 1.21 bits per heavy atom. The van der Waals surface area contributed by atoms with Crippen LogP contribution in [0.4, 0.5) is 0 Å². The lowest BCUT2D eigenvalue weighted by Crippen LogP contribution is -2.59. The topological polar surface area (TPSA) is 137 Å². The monoisotopic (exact) mass is 594 g/mol. The van der Waals surface area contributed by atoms with Crippen molar-refractivity contribution in [3.63, 3.8) is 0 Å². The first-order valence-corrected chi connectivity index (χ1v) is 15.3. The molecule has 0 aromatic carbocycles. The van der Waals surface area contributed by atoms with Gasteiger partial charge in [-0.2, -0.15) is 0 Å². The predicted octanol–water partition coefficient (Wildman–Crippen LogP) is 2.30. The van der Waals surface area contributed by atoms with Crippen molar-refractivity contribution in [3.05, 3.63) is 24.0 Å². The van der Waals surface area contributed by atoms with Gasteiger partial charge in [-0.1, -0.05) is 20.8 Å². The van der Waals surface area contributed by atoms with Gasteiger partial charge < -0.3 is 44.5 Å². The minimum Gasteiger partial charge on any atom is -0.387 e. The number of hydrogen-bond donors (Lipinski definition) is 4. The van der Waals surface area contributed by atoms with Gasteiger partial charge in [-0.15, -0.1) is 0 Å². The smallest absolute Gasteiger partial charge is 0.225 e. The summed E-state index contributed by atoms with van der Waals surface area (Å²) in [4.78, 5) is 33.0. The number of rotatable bonds is 6. The summed E-state index contributed by atoms with van der Waals surface area (Å²) in [5.41, 5.74) is -0.563.